The molecule has 0 bridgehead atoms. The third kappa shape index (κ3) is 4.71. The summed E-state index contributed by atoms with van der Waals surface area (Å²) < 4.78 is 1.37. The Balaban J connectivity index is 2.16. The summed E-state index contributed by atoms with van der Waals surface area (Å²) >= 11 is 0. The zero-order valence-electron chi connectivity index (χ0n) is 16.1. The molecule has 0 aromatic carbocycles. The van der Waals surface area contributed by atoms with Gasteiger partial charge in [0.1, 0.15) is 0 Å². The summed E-state index contributed by atoms with van der Waals surface area (Å²) in [5, 5.41) is 5.97. The second-order valence-electron chi connectivity index (χ2n) is 8.27. The van der Waals surface area contributed by atoms with Crippen LogP contribution in [-0.2, 0) is 11.2 Å². The van der Waals surface area contributed by atoms with Crippen molar-refractivity contribution in [3.63, 3.8) is 0 Å². The lowest BCUT2D eigenvalue weighted by molar-refractivity contribution is -0.122. The normalized spacial score (nSPS) is 13.4. The van der Waals surface area contributed by atoms with Crippen molar-refractivity contribution >= 4 is 11.6 Å². The van der Waals surface area contributed by atoms with Gasteiger partial charge in [-0.25, -0.2) is 9.50 Å². The molecule has 1 unspecified atom stereocenters. The molecule has 2 aromatic heterocycles. The Hall–Kier alpha value is -2.11. The fourth-order valence-electron chi connectivity index (χ4n) is 2.94. The molecule has 0 aliphatic rings. The maximum Gasteiger partial charge on any atom is 0.276 e. The largest absolute Gasteiger partial charge is 0.353 e. The van der Waals surface area contributed by atoms with Crippen LogP contribution >= 0.6 is 0 Å². The minimum absolute atomic E-state index is 0.0314. The molecule has 1 atom stereocenters. The number of hydrogen-bond donors (Lipinski definition) is 2. The van der Waals surface area contributed by atoms with Gasteiger partial charge in [0.25, 0.3) is 5.56 Å². The van der Waals surface area contributed by atoms with Gasteiger partial charge in [-0.15, -0.1) is 0 Å². The Morgan fingerprint density at radius 2 is 2.00 bits per heavy atom. The Bertz CT molecular complexity index is 796. The maximum absolute atomic E-state index is 12.6. The zero-order chi connectivity index (χ0) is 18.8. The van der Waals surface area contributed by atoms with E-state index in [-0.39, 0.29) is 29.3 Å². The van der Waals surface area contributed by atoms with E-state index in [1.807, 2.05) is 0 Å². The second kappa shape index (κ2) is 7.42. The first kappa shape index (κ1) is 19.2. The van der Waals surface area contributed by atoms with E-state index in [0.29, 0.717) is 22.8 Å². The fraction of sp³-hybridized carbons (Fsp3) is 0.632. The molecule has 6 nitrogen and oxygen atoms in total. The van der Waals surface area contributed by atoms with Gasteiger partial charge in [-0.05, 0) is 31.1 Å². The molecule has 2 heterocycles. The summed E-state index contributed by atoms with van der Waals surface area (Å²) in [7, 11) is 0. The number of aromatic amines is 1. The van der Waals surface area contributed by atoms with Crippen molar-refractivity contribution < 1.29 is 4.79 Å². The Kier molecular flexibility index (Phi) is 5.70. The minimum atomic E-state index is -0.211. The summed E-state index contributed by atoms with van der Waals surface area (Å²) in [6.07, 6.45) is 3.70. The number of carbonyl (C=O) groups excluding carboxylic acids is 1. The van der Waals surface area contributed by atoms with Crippen molar-refractivity contribution in [2.45, 2.75) is 66.8 Å². The van der Waals surface area contributed by atoms with Crippen molar-refractivity contribution in [2.24, 2.45) is 11.3 Å². The quantitative estimate of drug-likeness (QED) is 0.844. The van der Waals surface area contributed by atoms with Crippen molar-refractivity contribution in [3.8, 4) is 0 Å². The first-order valence-corrected chi connectivity index (χ1v) is 8.94. The van der Waals surface area contributed by atoms with Crippen LogP contribution in [0, 0.1) is 18.3 Å². The molecule has 0 spiro atoms. The van der Waals surface area contributed by atoms with Gasteiger partial charge in [-0.3, -0.25) is 14.7 Å². The molecule has 25 heavy (non-hydrogen) atoms. The molecule has 6 heteroatoms. The number of nitrogens with zero attached hydrogens (tertiary/aromatic N) is 2. The lowest BCUT2D eigenvalue weighted by Gasteiger charge is -2.32. The molecule has 0 radical (unpaired) electrons. The molecule has 0 fully saturated rings. The standard InChI is InChI=1S/C19H30N4O2/c1-12(2)7-8-15(19(4,5)6)22-17(24)11-14-13(3)21-16-9-10-20-23(16)18(14)25/h9-10,12,15,20H,7-8,11H2,1-6H3,(H,22,24). The third-order valence-electron chi connectivity index (χ3n) is 4.60. The first-order valence-electron chi connectivity index (χ1n) is 8.94. The molecule has 138 valence electrons. The predicted molar refractivity (Wildman–Crippen MR) is 99.7 cm³/mol. The minimum Gasteiger partial charge on any atom is -0.353 e. The lowest BCUT2D eigenvalue weighted by atomic mass is 9.82. The van der Waals surface area contributed by atoms with Gasteiger partial charge in [0.2, 0.25) is 5.91 Å². The maximum atomic E-state index is 12.6. The number of aromatic nitrogens is 3. The van der Waals surface area contributed by atoms with Crippen LogP contribution in [0.15, 0.2) is 17.1 Å². The number of fused-ring (bicyclic) bond motifs is 1. The SMILES string of the molecule is Cc1nc2cc[nH]n2c(=O)c1CC(=O)NC(CCC(C)C)C(C)(C)C. The van der Waals surface area contributed by atoms with Crippen molar-refractivity contribution in [1.82, 2.24) is 19.9 Å². The topological polar surface area (TPSA) is 79.3 Å². The molecule has 1 amide bonds. The van der Waals surface area contributed by atoms with Crippen molar-refractivity contribution in [1.29, 1.82) is 0 Å². The summed E-state index contributed by atoms with van der Waals surface area (Å²) in [4.78, 5) is 29.5. The number of carbonyl (C=O) groups is 1. The summed E-state index contributed by atoms with van der Waals surface area (Å²) in [5.74, 6) is 0.463. The number of H-pyrrole nitrogens is 1. The average Bonchev–Trinajstić information content (AvgIpc) is 2.94. The number of amides is 1. The summed E-state index contributed by atoms with van der Waals surface area (Å²) in [6.45, 7) is 12.5. The molecule has 2 N–H and O–H groups in total. The van der Waals surface area contributed by atoms with Crippen LogP contribution in [0.4, 0.5) is 0 Å². The van der Waals surface area contributed by atoms with Gasteiger partial charge in [0.15, 0.2) is 5.65 Å². The van der Waals surface area contributed by atoms with Crippen LogP contribution in [0.3, 0.4) is 0 Å². The molecule has 0 aliphatic heterocycles. The van der Waals surface area contributed by atoms with Gasteiger partial charge >= 0.3 is 0 Å². The third-order valence-corrected chi connectivity index (χ3v) is 4.60. The second-order valence-corrected chi connectivity index (χ2v) is 8.27. The van der Waals surface area contributed by atoms with Crippen LogP contribution < -0.4 is 10.9 Å². The van der Waals surface area contributed by atoms with E-state index < -0.39 is 0 Å². The van der Waals surface area contributed by atoms with Gasteiger partial charge in [-0.2, -0.15) is 0 Å². The van der Waals surface area contributed by atoms with E-state index in [2.05, 4.69) is 50.0 Å². The Morgan fingerprint density at radius 1 is 1.32 bits per heavy atom. The fourth-order valence-corrected chi connectivity index (χ4v) is 2.94. The molecule has 2 rings (SSSR count). The van der Waals surface area contributed by atoms with Crippen LogP contribution in [0.25, 0.3) is 5.65 Å². The highest BCUT2D eigenvalue weighted by atomic mass is 16.2. The van der Waals surface area contributed by atoms with Gasteiger partial charge in [0.05, 0.1) is 6.42 Å². The Morgan fingerprint density at radius 3 is 2.60 bits per heavy atom. The number of hydrogen-bond acceptors (Lipinski definition) is 3. The van der Waals surface area contributed by atoms with E-state index in [4.69, 9.17) is 0 Å². The molecule has 0 saturated carbocycles. The van der Waals surface area contributed by atoms with Crippen molar-refractivity contribution in [3.05, 3.63) is 33.9 Å². The van der Waals surface area contributed by atoms with E-state index in [0.717, 1.165) is 12.8 Å². The first-order chi connectivity index (χ1) is 11.6. The molecule has 2 aromatic rings. The smallest absolute Gasteiger partial charge is 0.276 e. The van der Waals surface area contributed by atoms with Gasteiger partial charge in [-0.1, -0.05) is 34.6 Å². The highest BCUT2D eigenvalue weighted by Crippen LogP contribution is 2.24. The number of rotatable bonds is 6. The predicted octanol–water partition coefficient (Wildman–Crippen LogP) is 2.84. The van der Waals surface area contributed by atoms with E-state index >= 15 is 0 Å². The molecular weight excluding hydrogens is 316 g/mol. The summed E-state index contributed by atoms with van der Waals surface area (Å²) in [6, 6.07) is 1.81. The number of aryl methyl sites for hydroxylation is 1. The zero-order valence-corrected chi connectivity index (χ0v) is 16.1. The van der Waals surface area contributed by atoms with Gasteiger partial charge in [0, 0.05) is 29.6 Å². The molecule has 0 saturated heterocycles. The summed E-state index contributed by atoms with van der Waals surface area (Å²) in [5.41, 5.74) is 1.37. The van der Waals surface area contributed by atoms with Gasteiger partial charge < -0.3 is 5.32 Å². The average molecular weight is 346 g/mol. The van der Waals surface area contributed by atoms with Crippen LogP contribution in [0.5, 0.6) is 0 Å². The number of nitrogens with one attached hydrogen (secondary N) is 2. The van der Waals surface area contributed by atoms with Crippen LogP contribution in [0.2, 0.25) is 0 Å². The molecular formula is C19H30N4O2. The van der Waals surface area contributed by atoms with Crippen molar-refractivity contribution in [2.75, 3.05) is 0 Å². The highest BCUT2D eigenvalue weighted by molar-refractivity contribution is 5.79. The Labute approximate surface area is 149 Å². The monoisotopic (exact) mass is 346 g/mol. The molecule has 0 aliphatic carbocycles. The van der Waals surface area contributed by atoms with Crippen LogP contribution in [-0.4, -0.2) is 26.5 Å². The highest BCUT2D eigenvalue weighted by Gasteiger charge is 2.26. The van der Waals surface area contributed by atoms with E-state index in [9.17, 15) is 9.59 Å². The van der Waals surface area contributed by atoms with E-state index in [1.54, 1.807) is 19.2 Å². The lowest BCUT2D eigenvalue weighted by Crippen LogP contribution is -2.45. The van der Waals surface area contributed by atoms with E-state index in [1.165, 1.54) is 4.52 Å². The van der Waals surface area contributed by atoms with Crippen LogP contribution in [0.1, 0.15) is 58.7 Å².